The van der Waals surface area contributed by atoms with Crippen LogP contribution in [0.15, 0.2) is 12.2 Å². The first-order valence-corrected chi connectivity index (χ1v) is 7.15. The molecule has 21 heavy (non-hydrogen) atoms. The largest absolute Gasteiger partial charge is 0.463 e. The van der Waals surface area contributed by atoms with Crippen molar-refractivity contribution < 1.29 is 23.8 Å². The fourth-order valence-electron chi connectivity index (χ4n) is 1.81. The Morgan fingerprint density at radius 3 is 2.62 bits per heavy atom. The molecule has 3 unspecified atom stereocenters. The van der Waals surface area contributed by atoms with Crippen LogP contribution in [-0.4, -0.2) is 36.9 Å². The molecular formula is C16H22O5. The van der Waals surface area contributed by atoms with E-state index in [1.807, 2.05) is 0 Å². The number of esters is 2. The Bertz CT molecular complexity index is 443. The lowest BCUT2D eigenvalue weighted by Gasteiger charge is -2.29. The maximum absolute atomic E-state index is 11.1. The van der Waals surface area contributed by atoms with Crippen molar-refractivity contribution in [1.29, 1.82) is 0 Å². The SMILES string of the molecule is CCCCC#CC1C=CC(OC(C)=O)C(COC(C)=O)O1. The van der Waals surface area contributed by atoms with Crippen LogP contribution >= 0.6 is 0 Å². The minimum absolute atomic E-state index is 0.0325. The predicted molar refractivity (Wildman–Crippen MR) is 77.3 cm³/mol. The highest BCUT2D eigenvalue weighted by Gasteiger charge is 2.29. The zero-order valence-electron chi connectivity index (χ0n) is 12.8. The van der Waals surface area contributed by atoms with Crippen molar-refractivity contribution in [3.8, 4) is 11.8 Å². The summed E-state index contributed by atoms with van der Waals surface area (Å²) in [5.41, 5.74) is 0. The van der Waals surface area contributed by atoms with Crippen molar-refractivity contribution in [2.45, 2.75) is 58.3 Å². The highest BCUT2D eigenvalue weighted by molar-refractivity contribution is 5.66. The maximum atomic E-state index is 11.1. The standard InChI is InChI=1S/C16H22O5/c1-4-5-6-7-8-14-9-10-15(20-13(3)18)16(21-14)11-19-12(2)17/h9-10,14-16H,4-6,11H2,1-3H3. The van der Waals surface area contributed by atoms with Gasteiger partial charge in [0.05, 0.1) is 0 Å². The van der Waals surface area contributed by atoms with E-state index in [-0.39, 0.29) is 12.7 Å². The molecule has 0 saturated carbocycles. The fraction of sp³-hybridized carbons (Fsp3) is 0.625. The Morgan fingerprint density at radius 2 is 2.00 bits per heavy atom. The third kappa shape index (κ3) is 6.96. The first-order chi connectivity index (χ1) is 10.0. The van der Waals surface area contributed by atoms with Crippen LogP contribution in [0.3, 0.4) is 0 Å². The summed E-state index contributed by atoms with van der Waals surface area (Å²) in [5.74, 6) is 5.25. The second-order valence-electron chi connectivity index (χ2n) is 4.78. The summed E-state index contributed by atoms with van der Waals surface area (Å²) in [7, 11) is 0. The molecule has 0 aromatic rings. The van der Waals surface area contributed by atoms with E-state index in [2.05, 4.69) is 18.8 Å². The summed E-state index contributed by atoms with van der Waals surface area (Å²) in [4.78, 5) is 22.0. The summed E-state index contributed by atoms with van der Waals surface area (Å²) in [5, 5.41) is 0. The third-order valence-corrected chi connectivity index (χ3v) is 2.82. The van der Waals surface area contributed by atoms with E-state index in [0.717, 1.165) is 19.3 Å². The zero-order valence-corrected chi connectivity index (χ0v) is 12.8. The van der Waals surface area contributed by atoms with Crippen molar-refractivity contribution >= 4 is 11.9 Å². The Hall–Kier alpha value is -1.80. The molecule has 0 amide bonds. The number of rotatable bonds is 5. The van der Waals surface area contributed by atoms with E-state index in [4.69, 9.17) is 14.2 Å². The van der Waals surface area contributed by atoms with Crippen LogP contribution in [0.5, 0.6) is 0 Å². The van der Waals surface area contributed by atoms with Crippen molar-refractivity contribution in [2.24, 2.45) is 0 Å². The predicted octanol–water partition coefficient (Wildman–Crippen LogP) is 2.00. The number of hydrogen-bond donors (Lipinski definition) is 0. The summed E-state index contributed by atoms with van der Waals surface area (Å²) in [6.07, 6.45) is 5.01. The van der Waals surface area contributed by atoms with Gasteiger partial charge in [0, 0.05) is 20.3 Å². The molecule has 0 spiro atoms. The molecule has 0 aliphatic carbocycles. The highest BCUT2D eigenvalue weighted by Crippen LogP contribution is 2.17. The van der Waals surface area contributed by atoms with E-state index in [0.29, 0.717) is 0 Å². The average molecular weight is 294 g/mol. The second kappa shape index (κ2) is 9.19. The molecule has 0 radical (unpaired) electrons. The number of carbonyl (C=O) groups is 2. The molecule has 0 saturated heterocycles. The van der Waals surface area contributed by atoms with Gasteiger partial charge in [0.25, 0.3) is 0 Å². The van der Waals surface area contributed by atoms with Gasteiger partial charge in [-0.15, -0.1) is 5.92 Å². The van der Waals surface area contributed by atoms with E-state index in [1.165, 1.54) is 13.8 Å². The maximum Gasteiger partial charge on any atom is 0.303 e. The quantitative estimate of drug-likeness (QED) is 0.336. The Balaban J connectivity index is 2.65. The van der Waals surface area contributed by atoms with Crippen molar-refractivity contribution in [3.63, 3.8) is 0 Å². The topological polar surface area (TPSA) is 61.8 Å². The summed E-state index contributed by atoms with van der Waals surface area (Å²) < 4.78 is 15.8. The van der Waals surface area contributed by atoms with Crippen LogP contribution in [0.2, 0.25) is 0 Å². The molecule has 5 nitrogen and oxygen atoms in total. The van der Waals surface area contributed by atoms with Gasteiger partial charge in [-0.05, 0) is 18.6 Å². The van der Waals surface area contributed by atoms with Crippen LogP contribution in [0.1, 0.15) is 40.0 Å². The number of unbranched alkanes of at least 4 members (excludes halogenated alkanes) is 2. The number of ether oxygens (including phenoxy) is 3. The first kappa shape index (κ1) is 17.3. The first-order valence-electron chi connectivity index (χ1n) is 7.15. The lowest BCUT2D eigenvalue weighted by molar-refractivity contribution is -0.161. The molecule has 0 N–H and O–H groups in total. The third-order valence-electron chi connectivity index (χ3n) is 2.82. The molecule has 116 valence electrons. The molecule has 5 heteroatoms. The van der Waals surface area contributed by atoms with Crippen molar-refractivity contribution in [3.05, 3.63) is 12.2 Å². The average Bonchev–Trinajstić information content (AvgIpc) is 2.42. The van der Waals surface area contributed by atoms with Crippen LogP contribution in [0.25, 0.3) is 0 Å². The monoisotopic (exact) mass is 294 g/mol. The van der Waals surface area contributed by atoms with Crippen LogP contribution in [0, 0.1) is 11.8 Å². The molecule has 1 aliphatic heterocycles. The smallest absolute Gasteiger partial charge is 0.303 e. The van der Waals surface area contributed by atoms with E-state index in [9.17, 15) is 9.59 Å². The Labute approximate surface area is 125 Å². The van der Waals surface area contributed by atoms with Gasteiger partial charge < -0.3 is 14.2 Å². The molecule has 1 rings (SSSR count). The summed E-state index contributed by atoms with van der Waals surface area (Å²) >= 11 is 0. The van der Waals surface area contributed by atoms with Gasteiger partial charge in [0.2, 0.25) is 0 Å². The molecular weight excluding hydrogens is 272 g/mol. The Morgan fingerprint density at radius 1 is 1.24 bits per heavy atom. The minimum Gasteiger partial charge on any atom is -0.463 e. The van der Waals surface area contributed by atoms with E-state index in [1.54, 1.807) is 12.2 Å². The van der Waals surface area contributed by atoms with Crippen LogP contribution in [0.4, 0.5) is 0 Å². The molecule has 0 aromatic carbocycles. The lowest BCUT2D eigenvalue weighted by atomic mass is 10.1. The van der Waals surface area contributed by atoms with Crippen LogP contribution in [-0.2, 0) is 23.8 Å². The highest BCUT2D eigenvalue weighted by atomic mass is 16.6. The van der Waals surface area contributed by atoms with Gasteiger partial charge >= 0.3 is 11.9 Å². The molecule has 0 bridgehead atoms. The lowest BCUT2D eigenvalue weighted by Crippen LogP contribution is -2.41. The van der Waals surface area contributed by atoms with Gasteiger partial charge in [-0.1, -0.05) is 19.3 Å². The molecule has 0 aromatic heterocycles. The summed E-state index contributed by atoms with van der Waals surface area (Å²) in [6.45, 7) is 4.79. The fourth-order valence-corrected chi connectivity index (χ4v) is 1.81. The summed E-state index contributed by atoms with van der Waals surface area (Å²) in [6, 6.07) is 0. The minimum atomic E-state index is -0.560. The molecule has 0 fully saturated rings. The molecule has 1 heterocycles. The van der Waals surface area contributed by atoms with Gasteiger partial charge in [-0.3, -0.25) is 9.59 Å². The zero-order chi connectivity index (χ0) is 15.7. The van der Waals surface area contributed by atoms with E-state index < -0.39 is 24.1 Å². The van der Waals surface area contributed by atoms with Crippen LogP contribution < -0.4 is 0 Å². The van der Waals surface area contributed by atoms with Crippen molar-refractivity contribution in [1.82, 2.24) is 0 Å². The van der Waals surface area contributed by atoms with E-state index >= 15 is 0 Å². The van der Waals surface area contributed by atoms with Gasteiger partial charge in [-0.25, -0.2) is 0 Å². The van der Waals surface area contributed by atoms with Crippen molar-refractivity contribution in [2.75, 3.05) is 6.61 Å². The number of carbonyl (C=O) groups excluding carboxylic acids is 2. The van der Waals surface area contributed by atoms with Gasteiger partial charge in [-0.2, -0.15) is 0 Å². The van der Waals surface area contributed by atoms with Gasteiger partial charge in [0.1, 0.15) is 24.9 Å². The molecule has 1 aliphatic rings. The number of hydrogen-bond acceptors (Lipinski definition) is 5. The second-order valence-corrected chi connectivity index (χ2v) is 4.78. The van der Waals surface area contributed by atoms with Gasteiger partial charge in [0.15, 0.2) is 0 Å². The normalized spacial score (nSPS) is 23.9. The Kier molecular flexibility index (Phi) is 7.55. The molecule has 3 atom stereocenters.